The average molecular weight is 758 g/mol. The van der Waals surface area contributed by atoms with Gasteiger partial charge in [0.1, 0.15) is 23.2 Å². The molecule has 1 aliphatic rings. The lowest BCUT2D eigenvalue weighted by molar-refractivity contribution is -0.134. The summed E-state index contributed by atoms with van der Waals surface area (Å²) in [5.41, 5.74) is 4.79. The van der Waals surface area contributed by atoms with Gasteiger partial charge in [-0.05, 0) is 111 Å². The fraction of sp³-hybridized carbons (Fsp3) is 0.489. The quantitative estimate of drug-likeness (QED) is 0.140. The van der Waals surface area contributed by atoms with Crippen molar-refractivity contribution in [3.8, 4) is 23.0 Å². The van der Waals surface area contributed by atoms with E-state index in [0.29, 0.717) is 36.5 Å². The number of ether oxygens (including phenoxy) is 5. The van der Waals surface area contributed by atoms with Crippen LogP contribution in [-0.4, -0.2) is 69.0 Å². The van der Waals surface area contributed by atoms with Crippen molar-refractivity contribution >= 4 is 23.2 Å². The van der Waals surface area contributed by atoms with E-state index in [1.165, 1.54) is 0 Å². The molecule has 10 nitrogen and oxygen atoms in total. The van der Waals surface area contributed by atoms with Gasteiger partial charge in [0, 0.05) is 24.3 Å². The van der Waals surface area contributed by atoms with E-state index in [4.69, 9.17) is 23.7 Å². The van der Waals surface area contributed by atoms with Crippen molar-refractivity contribution in [2.24, 2.45) is 17.8 Å². The van der Waals surface area contributed by atoms with Crippen LogP contribution in [0.4, 0.5) is 4.79 Å². The third-order valence-electron chi connectivity index (χ3n) is 9.93. The topological polar surface area (TPSA) is 130 Å². The van der Waals surface area contributed by atoms with Crippen molar-refractivity contribution in [2.75, 3.05) is 28.4 Å². The minimum atomic E-state index is -1.55. The summed E-state index contributed by atoms with van der Waals surface area (Å²) < 4.78 is 28.4. The molecule has 1 aliphatic carbocycles. The molecule has 55 heavy (non-hydrogen) atoms. The van der Waals surface area contributed by atoms with E-state index in [-0.39, 0.29) is 36.9 Å². The third-order valence-corrected chi connectivity index (χ3v) is 9.93. The molecule has 10 heteroatoms. The average Bonchev–Trinajstić information content (AvgIpc) is 3.31. The van der Waals surface area contributed by atoms with Crippen molar-refractivity contribution in [1.82, 2.24) is 5.32 Å². The lowest BCUT2D eigenvalue weighted by Crippen LogP contribution is -2.50. The molecule has 2 N–H and O–H groups in total. The van der Waals surface area contributed by atoms with Crippen LogP contribution in [0.5, 0.6) is 23.0 Å². The molecule has 0 aliphatic heterocycles. The van der Waals surface area contributed by atoms with E-state index in [2.05, 4.69) is 17.5 Å². The predicted octanol–water partition coefficient (Wildman–Crippen LogP) is 8.10. The highest BCUT2D eigenvalue weighted by atomic mass is 16.6. The van der Waals surface area contributed by atoms with Gasteiger partial charge >= 0.3 is 6.09 Å². The van der Waals surface area contributed by atoms with Crippen LogP contribution in [0.3, 0.4) is 0 Å². The van der Waals surface area contributed by atoms with Crippen molar-refractivity contribution < 1.29 is 43.2 Å². The number of carbonyl (C=O) groups excluding carboxylic acids is 3. The largest absolute Gasteiger partial charge is 0.496 e. The molecule has 0 bridgehead atoms. The lowest BCUT2D eigenvalue weighted by atomic mass is 9.82. The van der Waals surface area contributed by atoms with Crippen molar-refractivity contribution in [2.45, 2.75) is 97.8 Å². The van der Waals surface area contributed by atoms with Crippen LogP contribution in [0.15, 0.2) is 60.7 Å². The summed E-state index contributed by atoms with van der Waals surface area (Å²) in [6.45, 7) is 11.3. The number of hydrogen-bond donors (Lipinski definition) is 2. The lowest BCUT2D eigenvalue weighted by Gasteiger charge is -2.27. The van der Waals surface area contributed by atoms with E-state index in [1.807, 2.05) is 69.3 Å². The molecule has 0 fully saturated rings. The minimum absolute atomic E-state index is 0.0476. The van der Waals surface area contributed by atoms with Gasteiger partial charge in [-0.15, -0.1) is 0 Å². The number of aliphatic hydroxyl groups excluding tert-OH is 1. The van der Waals surface area contributed by atoms with Crippen LogP contribution in [0.2, 0.25) is 0 Å². The maximum atomic E-state index is 14.4. The van der Waals surface area contributed by atoms with Gasteiger partial charge in [-0.25, -0.2) is 4.79 Å². The smallest absolute Gasteiger partial charge is 0.407 e. The number of nitrogens with one attached hydrogen (secondary N) is 1. The molecule has 0 saturated carbocycles. The number of methoxy groups -OCH3 is 4. The van der Waals surface area contributed by atoms with Crippen LogP contribution in [0.25, 0.3) is 5.57 Å². The van der Waals surface area contributed by atoms with E-state index in [1.54, 1.807) is 49.2 Å². The SMILES string of the molecule is COc1ccc(C2=C[C@H](CC(=O)C(CC(=O)C(O)C(Cc3ccccc3)NC(=O)OC(C)(C)C)CC(C)C)CCc3c2cc(OC)c(OC)c3OC)cc1C. The van der Waals surface area contributed by atoms with Gasteiger partial charge in [0.25, 0.3) is 0 Å². The summed E-state index contributed by atoms with van der Waals surface area (Å²) in [6, 6.07) is 16.3. The second kappa shape index (κ2) is 19.2. The Balaban J connectivity index is 1.66. The number of benzene rings is 3. The maximum Gasteiger partial charge on any atom is 0.407 e. The molecular weight excluding hydrogens is 698 g/mol. The molecule has 0 heterocycles. The molecule has 0 aromatic heterocycles. The Labute approximate surface area is 326 Å². The van der Waals surface area contributed by atoms with Crippen molar-refractivity contribution in [3.63, 3.8) is 0 Å². The summed E-state index contributed by atoms with van der Waals surface area (Å²) in [5.74, 6) is 1.16. The van der Waals surface area contributed by atoms with Crippen LogP contribution >= 0.6 is 0 Å². The first-order valence-electron chi connectivity index (χ1n) is 19.0. The van der Waals surface area contributed by atoms with Gasteiger partial charge in [0.2, 0.25) is 5.75 Å². The zero-order valence-electron chi connectivity index (χ0n) is 34.1. The number of ketones is 2. The minimum Gasteiger partial charge on any atom is -0.496 e. The van der Waals surface area contributed by atoms with Crippen molar-refractivity contribution in [1.29, 1.82) is 0 Å². The second-order valence-electron chi connectivity index (χ2n) is 15.8. The maximum absolute atomic E-state index is 14.4. The fourth-order valence-corrected chi connectivity index (χ4v) is 7.38. The zero-order valence-corrected chi connectivity index (χ0v) is 34.1. The van der Waals surface area contributed by atoms with E-state index in [0.717, 1.165) is 39.1 Å². The Kier molecular flexibility index (Phi) is 14.9. The number of alkyl carbamates (subject to hydrolysis) is 1. The Morgan fingerprint density at radius 1 is 0.873 bits per heavy atom. The highest BCUT2D eigenvalue weighted by molar-refractivity contribution is 5.91. The van der Waals surface area contributed by atoms with Gasteiger partial charge < -0.3 is 34.1 Å². The summed E-state index contributed by atoms with van der Waals surface area (Å²) >= 11 is 0. The number of aliphatic hydroxyl groups is 1. The summed E-state index contributed by atoms with van der Waals surface area (Å²) in [6.07, 6.45) is 1.86. The number of hydrogen-bond acceptors (Lipinski definition) is 9. The Hall–Kier alpha value is -4.83. The first kappa shape index (κ1) is 42.9. The molecule has 3 unspecified atom stereocenters. The van der Waals surface area contributed by atoms with Crippen LogP contribution in [0, 0.1) is 24.7 Å². The fourth-order valence-electron chi connectivity index (χ4n) is 7.38. The first-order chi connectivity index (χ1) is 26.1. The van der Waals surface area contributed by atoms with E-state index in [9.17, 15) is 19.5 Å². The molecule has 0 saturated heterocycles. The van der Waals surface area contributed by atoms with Gasteiger partial charge in [0.05, 0.1) is 34.5 Å². The van der Waals surface area contributed by atoms with Crippen LogP contribution in [-0.2, 0) is 27.2 Å². The molecule has 4 rings (SSSR count). The normalized spacial score (nSPS) is 15.8. The number of aryl methyl sites for hydroxylation is 1. The molecule has 3 aromatic rings. The molecule has 0 radical (unpaired) electrons. The highest BCUT2D eigenvalue weighted by Crippen LogP contribution is 2.48. The predicted molar refractivity (Wildman–Crippen MR) is 214 cm³/mol. The molecule has 3 aromatic carbocycles. The van der Waals surface area contributed by atoms with Gasteiger partial charge in [-0.3, -0.25) is 9.59 Å². The van der Waals surface area contributed by atoms with Crippen LogP contribution < -0.4 is 24.3 Å². The van der Waals surface area contributed by atoms with Gasteiger partial charge in [-0.2, -0.15) is 0 Å². The number of amides is 1. The Morgan fingerprint density at radius 3 is 2.13 bits per heavy atom. The Bertz CT molecular complexity index is 1830. The van der Waals surface area contributed by atoms with Gasteiger partial charge in [0.15, 0.2) is 17.3 Å². The second-order valence-corrected chi connectivity index (χ2v) is 15.8. The monoisotopic (exact) mass is 757 g/mol. The standard InChI is InChI=1S/C45H59NO9/c1-27(2)20-32(25-38(48)41(49)36(23-29-14-12-11-13-15-29)46-44(50)55-45(4,5)6)37(47)24-30-16-18-33-35(26-40(52-8)43(54-10)42(33)53-9)34(22-30)31-17-19-39(51-7)28(3)21-31/h11-15,17,19,21-22,26-27,30,32,36,41,49H,16,18,20,23-25H2,1-10H3,(H,46,50)/t30-,32?,36?,41?/m1/s1. The molecular formula is C45H59NO9. The third kappa shape index (κ3) is 11.4. The number of rotatable bonds is 17. The number of Topliss-reactive ketones (excluding diaryl/α,β-unsaturated/α-hetero) is 2. The number of fused-ring (bicyclic) bond motifs is 1. The summed E-state index contributed by atoms with van der Waals surface area (Å²) in [4.78, 5) is 41.1. The number of carbonyl (C=O) groups is 3. The molecule has 1 amide bonds. The summed E-state index contributed by atoms with van der Waals surface area (Å²) in [5, 5.41) is 14.2. The zero-order chi connectivity index (χ0) is 40.4. The van der Waals surface area contributed by atoms with E-state index >= 15 is 0 Å². The van der Waals surface area contributed by atoms with Crippen molar-refractivity contribution in [3.05, 3.63) is 88.5 Å². The highest BCUT2D eigenvalue weighted by Gasteiger charge is 2.34. The van der Waals surface area contributed by atoms with E-state index < -0.39 is 35.5 Å². The Morgan fingerprint density at radius 2 is 1.55 bits per heavy atom. The molecule has 298 valence electrons. The summed E-state index contributed by atoms with van der Waals surface area (Å²) in [7, 11) is 6.43. The number of allylic oxidation sites excluding steroid dienone is 1. The van der Waals surface area contributed by atoms with Gasteiger partial charge in [-0.1, -0.05) is 56.3 Å². The molecule has 4 atom stereocenters. The molecule has 0 spiro atoms. The van der Waals surface area contributed by atoms with Crippen LogP contribution in [0.1, 0.15) is 88.1 Å². The first-order valence-corrected chi connectivity index (χ1v) is 19.0.